The molecule has 5 amide bonds. The third-order valence-electron chi connectivity index (χ3n) is 5.57. The lowest BCUT2D eigenvalue weighted by Crippen LogP contribution is -2.56. The number of amides is 5. The summed E-state index contributed by atoms with van der Waals surface area (Å²) in [4.78, 5) is 63.7. The smallest absolute Gasteiger partial charge is 0.262 e. The standard InChI is InChI=1S/C19H21N5O5/c20-16(26)14-8-21-5-6-23(14)9-10-1-2-11-12(7-10)19(29)24(18(11)28)13-3-4-15(25)22-17(13)27/h1-2,7,13-14,21H,3-6,8-9H2,(H2,20,26)(H,22,25,27). The number of primary amides is 1. The van der Waals surface area contributed by atoms with E-state index >= 15 is 0 Å². The van der Waals surface area contributed by atoms with Gasteiger partial charge in [-0.15, -0.1) is 0 Å². The molecular formula is C19H21N5O5. The molecule has 3 aliphatic heterocycles. The molecule has 0 saturated carbocycles. The molecule has 0 spiro atoms. The molecule has 152 valence electrons. The van der Waals surface area contributed by atoms with E-state index in [-0.39, 0.29) is 24.0 Å². The van der Waals surface area contributed by atoms with Crippen molar-refractivity contribution in [2.75, 3.05) is 19.6 Å². The van der Waals surface area contributed by atoms with Crippen LogP contribution in [-0.2, 0) is 20.9 Å². The minimum atomic E-state index is -0.990. The molecule has 4 N–H and O–H groups in total. The molecule has 2 unspecified atom stereocenters. The first-order valence-electron chi connectivity index (χ1n) is 9.45. The number of nitrogens with zero attached hydrogens (tertiary/aromatic N) is 2. The Morgan fingerprint density at radius 2 is 1.90 bits per heavy atom. The molecule has 1 aromatic rings. The van der Waals surface area contributed by atoms with Crippen LogP contribution in [0.25, 0.3) is 0 Å². The van der Waals surface area contributed by atoms with Gasteiger partial charge in [-0.3, -0.25) is 39.1 Å². The van der Waals surface area contributed by atoms with Gasteiger partial charge in [-0.2, -0.15) is 0 Å². The molecule has 0 bridgehead atoms. The SMILES string of the molecule is NC(=O)C1CNCCN1Cc1ccc2c(c1)C(=O)N(C1CCC(=O)NC1=O)C2=O. The average molecular weight is 399 g/mol. The zero-order chi connectivity index (χ0) is 20.7. The highest BCUT2D eigenvalue weighted by molar-refractivity contribution is 6.23. The number of hydrogen-bond donors (Lipinski definition) is 3. The number of imide groups is 2. The van der Waals surface area contributed by atoms with Crippen molar-refractivity contribution in [3.8, 4) is 0 Å². The van der Waals surface area contributed by atoms with E-state index in [4.69, 9.17) is 5.73 Å². The van der Waals surface area contributed by atoms with Gasteiger partial charge in [0.05, 0.1) is 11.1 Å². The lowest BCUT2D eigenvalue weighted by atomic mass is 10.0. The normalized spacial score (nSPS) is 25.2. The number of nitrogens with two attached hydrogens (primary N) is 1. The van der Waals surface area contributed by atoms with E-state index in [1.165, 1.54) is 0 Å². The summed E-state index contributed by atoms with van der Waals surface area (Å²) in [6, 6.07) is 3.49. The summed E-state index contributed by atoms with van der Waals surface area (Å²) in [5.41, 5.74) is 6.70. The monoisotopic (exact) mass is 399 g/mol. The molecule has 3 heterocycles. The Morgan fingerprint density at radius 1 is 1.14 bits per heavy atom. The number of carbonyl (C=O) groups is 5. The number of carbonyl (C=O) groups excluding carboxylic acids is 5. The molecule has 0 aromatic heterocycles. The van der Waals surface area contributed by atoms with Crippen LogP contribution in [0, 0.1) is 0 Å². The first-order valence-corrected chi connectivity index (χ1v) is 9.45. The average Bonchev–Trinajstić information content (AvgIpc) is 2.93. The Kier molecular flexibility index (Phi) is 4.89. The summed E-state index contributed by atoms with van der Waals surface area (Å²) >= 11 is 0. The maximum Gasteiger partial charge on any atom is 0.262 e. The minimum absolute atomic E-state index is 0.0760. The topological polar surface area (TPSA) is 142 Å². The highest BCUT2D eigenvalue weighted by Gasteiger charge is 2.44. The number of hydrogen-bond acceptors (Lipinski definition) is 7. The van der Waals surface area contributed by atoms with Gasteiger partial charge in [-0.25, -0.2) is 0 Å². The Balaban J connectivity index is 1.56. The van der Waals surface area contributed by atoms with Crippen molar-refractivity contribution in [2.24, 2.45) is 5.73 Å². The van der Waals surface area contributed by atoms with Crippen molar-refractivity contribution in [3.63, 3.8) is 0 Å². The van der Waals surface area contributed by atoms with E-state index in [1.807, 2.05) is 4.90 Å². The lowest BCUT2D eigenvalue weighted by molar-refractivity contribution is -0.136. The van der Waals surface area contributed by atoms with Crippen LogP contribution >= 0.6 is 0 Å². The highest BCUT2D eigenvalue weighted by atomic mass is 16.2. The second-order valence-corrected chi connectivity index (χ2v) is 7.42. The Bertz CT molecular complexity index is 930. The minimum Gasteiger partial charge on any atom is -0.368 e. The van der Waals surface area contributed by atoms with Gasteiger partial charge in [-0.05, 0) is 24.1 Å². The number of nitrogens with one attached hydrogen (secondary N) is 2. The van der Waals surface area contributed by atoms with Crippen molar-refractivity contribution in [2.45, 2.75) is 31.5 Å². The second-order valence-electron chi connectivity index (χ2n) is 7.42. The first-order chi connectivity index (χ1) is 13.9. The number of piperazine rings is 1. The Labute approximate surface area is 166 Å². The van der Waals surface area contributed by atoms with Gasteiger partial charge >= 0.3 is 0 Å². The van der Waals surface area contributed by atoms with Gasteiger partial charge in [0.15, 0.2) is 0 Å². The molecular weight excluding hydrogens is 378 g/mol. The maximum atomic E-state index is 12.9. The lowest BCUT2D eigenvalue weighted by Gasteiger charge is -2.34. The van der Waals surface area contributed by atoms with Gasteiger partial charge in [0.25, 0.3) is 11.8 Å². The fourth-order valence-electron chi connectivity index (χ4n) is 4.07. The van der Waals surface area contributed by atoms with Crippen LogP contribution in [0.2, 0.25) is 0 Å². The van der Waals surface area contributed by atoms with E-state index in [1.54, 1.807) is 18.2 Å². The van der Waals surface area contributed by atoms with E-state index in [0.29, 0.717) is 19.6 Å². The molecule has 29 heavy (non-hydrogen) atoms. The largest absolute Gasteiger partial charge is 0.368 e. The molecule has 10 nitrogen and oxygen atoms in total. The fraction of sp³-hybridized carbons (Fsp3) is 0.421. The number of piperidine rings is 1. The quantitative estimate of drug-likeness (QED) is 0.515. The summed E-state index contributed by atoms with van der Waals surface area (Å²) in [5.74, 6) is -2.56. The molecule has 10 heteroatoms. The van der Waals surface area contributed by atoms with Gasteiger partial charge in [0, 0.05) is 32.6 Å². The third-order valence-corrected chi connectivity index (χ3v) is 5.57. The summed E-state index contributed by atoms with van der Waals surface area (Å²) < 4.78 is 0. The van der Waals surface area contributed by atoms with Crippen LogP contribution in [-0.4, -0.2) is 71.1 Å². The third kappa shape index (κ3) is 3.40. The second kappa shape index (κ2) is 7.37. The molecule has 0 aliphatic carbocycles. The van der Waals surface area contributed by atoms with Crippen molar-refractivity contribution in [3.05, 3.63) is 34.9 Å². The van der Waals surface area contributed by atoms with Gasteiger partial charge in [0.2, 0.25) is 17.7 Å². The predicted molar refractivity (Wildman–Crippen MR) is 99.4 cm³/mol. The van der Waals surface area contributed by atoms with Crippen molar-refractivity contribution in [1.29, 1.82) is 0 Å². The van der Waals surface area contributed by atoms with Gasteiger partial charge in [-0.1, -0.05) is 6.07 Å². The van der Waals surface area contributed by atoms with Crippen LogP contribution in [0.4, 0.5) is 0 Å². The van der Waals surface area contributed by atoms with Crippen molar-refractivity contribution < 1.29 is 24.0 Å². The van der Waals surface area contributed by atoms with Crippen LogP contribution in [0.15, 0.2) is 18.2 Å². The summed E-state index contributed by atoms with van der Waals surface area (Å²) in [6.45, 7) is 2.21. The van der Waals surface area contributed by atoms with E-state index in [2.05, 4.69) is 10.6 Å². The Hall–Kier alpha value is -3.11. The number of benzene rings is 1. The van der Waals surface area contributed by atoms with Crippen LogP contribution < -0.4 is 16.4 Å². The fourth-order valence-corrected chi connectivity index (χ4v) is 4.07. The van der Waals surface area contributed by atoms with Crippen LogP contribution in [0.3, 0.4) is 0 Å². The molecule has 4 rings (SSSR count). The number of fused-ring (bicyclic) bond motifs is 1. The number of rotatable bonds is 4. The van der Waals surface area contributed by atoms with E-state index < -0.39 is 41.6 Å². The zero-order valence-electron chi connectivity index (χ0n) is 15.6. The zero-order valence-corrected chi connectivity index (χ0v) is 15.6. The maximum absolute atomic E-state index is 12.9. The van der Waals surface area contributed by atoms with E-state index in [9.17, 15) is 24.0 Å². The Morgan fingerprint density at radius 3 is 2.62 bits per heavy atom. The molecule has 2 atom stereocenters. The predicted octanol–water partition coefficient (Wildman–Crippen LogP) is -1.65. The van der Waals surface area contributed by atoms with Crippen LogP contribution in [0.5, 0.6) is 0 Å². The van der Waals surface area contributed by atoms with E-state index in [0.717, 1.165) is 17.0 Å². The van der Waals surface area contributed by atoms with Gasteiger partial charge in [0.1, 0.15) is 12.1 Å². The summed E-state index contributed by atoms with van der Waals surface area (Å²) in [5, 5.41) is 5.30. The van der Waals surface area contributed by atoms with Crippen molar-refractivity contribution in [1.82, 2.24) is 20.4 Å². The first kappa shape index (κ1) is 19.2. The molecule has 2 saturated heterocycles. The van der Waals surface area contributed by atoms with Crippen LogP contribution in [0.1, 0.15) is 39.1 Å². The summed E-state index contributed by atoms with van der Waals surface area (Å²) in [7, 11) is 0. The molecule has 2 fully saturated rings. The van der Waals surface area contributed by atoms with Crippen molar-refractivity contribution >= 4 is 29.5 Å². The molecule has 1 aromatic carbocycles. The molecule has 0 radical (unpaired) electrons. The highest BCUT2D eigenvalue weighted by Crippen LogP contribution is 2.28. The molecule has 3 aliphatic rings. The van der Waals surface area contributed by atoms with Gasteiger partial charge < -0.3 is 11.1 Å². The summed E-state index contributed by atoms with van der Waals surface area (Å²) in [6.07, 6.45) is 0.191.